The minimum Gasteiger partial charge on any atom is -0.496 e. The van der Waals surface area contributed by atoms with Gasteiger partial charge in [0.05, 0.1) is 22.1 Å². The third kappa shape index (κ3) is 3.59. The summed E-state index contributed by atoms with van der Waals surface area (Å²) in [6.07, 6.45) is 1.79. The highest BCUT2D eigenvalue weighted by molar-refractivity contribution is 8.26. The Morgan fingerprint density at radius 1 is 1.17 bits per heavy atom. The van der Waals surface area contributed by atoms with Gasteiger partial charge in [0.2, 0.25) is 0 Å². The molecular formula is C17H11Cl2NO2S2. The fourth-order valence-electron chi connectivity index (χ4n) is 2.28. The van der Waals surface area contributed by atoms with Gasteiger partial charge in [0.1, 0.15) is 10.1 Å². The highest BCUT2D eigenvalue weighted by Crippen LogP contribution is 2.35. The number of rotatable bonds is 3. The van der Waals surface area contributed by atoms with E-state index in [0.29, 0.717) is 25.0 Å². The van der Waals surface area contributed by atoms with E-state index in [1.165, 1.54) is 11.8 Å². The lowest BCUT2D eigenvalue weighted by molar-refractivity contribution is -0.115. The molecule has 1 amide bonds. The molecule has 1 saturated heterocycles. The smallest absolute Gasteiger partial charge is 0.263 e. The van der Waals surface area contributed by atoms with Crippen molar-refractivity contribution in [1.29, 1.82) is 0 Å². The maximum Gasteiger partial charge on any atom is 0.263 e. The summed E-state index contributed by atoms with van der Waals surface area (Å²) in [5, 5.41) is 3.56. The summed E-state index contributed by atoms with van der Waals surface area (Å²) >= 11 is 18.3. The Labute approximate surface area is 159 Å². The highest BCUT2D eigenvalue weighted by atomic mass is 35.5. The molecule has 0 radical (unpaired) electrons. The Hall–Kier alpha value is -1.53. The number of thiocarbonyl (C=S) groups is 1. The van der Waals surface area contributed by atoms with Crippen LogP contribution in [0.4, 0.5) is 0 Å². The molecule has 1 aliphatic heterocycles. The standard InChI is InChI=1S/C17H11Cl2NO2S2/c1-22-14-5-2-9(7-15-16(21)20-17(23)24-15)6-11(14)10-3-4-12(18)13(19)8-10/h2-8H,1H3,(H,20,21,23)/b15-7-. The van der Waals surface area contributed by atoms with E-state index in [4.69, 9.17) is 40.2 Å². The van der Waals surface area contributed by atoms with Crippen LogP contribution in [0.25, 0.3) is 17.2 Å². The number of amides is 1. The summed E-state index contributed by atoms with van der Waals surface area (Å²) in [5.41, 5.74) is 2.59. The van der Waals surface area contributed by atoms with Crippen LogP contribution in [0.15, 0.2) is 41.3 Å². The van der Waals surface area contributed by atoms with Gasteiger partial charge in [-0.25, -0.2) is 0 Å². The Bertz CT molecular complexity index is 881. The van der Waals surface area contributed by atoms with Crippen LogP contribution < -0.4 is 10.1 Å². The first kappa shape index (κ1) is 17.3. The number of nitrogens with one attached hydrogen (secondary N) is 1. The summed E-state index contributed by atoms with van der Waals surface area (Å²) in [4.78, 5) is 12.4. The molecule has 2 aromatic rings. The van der Waals surface area contributed by atoms with Crippen LogP contribution in [0.1, 0.15) is 5.56 Å². The van der Waals surface area contributed by atoms with Crippen molar-refractivity contribution in [1.82, 2.24) is 5.32 Å². The zero-order valence-corrected chi connectivity index (χ0v) is 15.6. The van der Waals surface area contributed by atoms with Gasteiger partial charge in [-0.05, 0) is 41.5 Å². The van der Waals surface area contributed by atoms with Gasteiger partial charge >= 0.3 is 0 Å². The quantitative estimate of drug-likeness (QED) is 0.575. The molecule has 7 heteroatoms. The van der Waals surface area contributed by atoms with Gasteiger partial charge in [0.15, 0.2) is 0 Å². The van der Waals surface area contributed by atoms with Crippen molar-refractivity contribution < 1.29 is 9.53 Å². The van der Waals surface area contributed by atoms with Gasteiger partial charge in [-0.3, -0.25) is 4.79 Å². The van der Waals surface area contributed by atoms with E-state index in [9.17, 15) is 4.79 Å². The Balaban J connectivity index is 2.05. The second-order valence-corrected chi connectivity index (χ2v) is 7.47. The minimum atomic E-state index is -0.183. The topological polar surface area (TPSA) is 38.3 Å². The monoisotopic (exact) mass is 395 g/mol. The van der Waals surface area contributed by atoms with Crippen molar-refractivity contribution in [2.75, 3.05) is 7.11 Å². The Morgan fingerprint density at radius 2 is 1.96 bits per heavy atom. The lowest BCUT2D eigenvalue weighted by atomic mass is 10.0. The van der Waals surface area contributed by atoms with E-state index in [-0.39, 0.29) is 5.91 Å². The molecule has 0 atom stereocenters. The second-order valence-electron chi connectivity index (χ2n) is 4.94. The Morgan fingerprint density at radius 3 is 2.58 bits per heavy atom. The molecule has 0 spiro atoms. The predicted molar refractivity (Wildman–Crippen MR) is 105 cm³/mol. The molecule has 0 bridgehead atoms. The van der Waals surface area contributed by atoms with Crippen LogP contribution in [0, 0.1) is 0 Å². The van der Waals surface area contributed by atoms with Crippen molar-refractivity contribution in [3.05, 3.63) is 56.9 Å². The van der Waals surface area contributed by atoms with Crippen LogP contribution in [0.5, 0.6) is 5.75 Å². The summed E-state index contributed by atoms with van der Waals surface area (Å²) in [5.74, 6) is 0.520. The molecule has 0 aliphatic carbocycles. The lowest BCUT2D eigenvalue weighted by Gasteiger charge is -2.11. The van der Waals surface area contributed by atoms with Crippen LogP contribution in [-0.4, -0.2) is 17.3 Å². The van der Waals surface area contributed by atoms with Gasteiger partial charge in [0.25, 0.3) is 5.91 Å². The fourth-order valence-corrected chi connectivity index (χ4v) is 3.62. The number of methoxy groups -OCH3 is 1. The number of hydrogen-bond acceptors (Lipinski definition) is 4. The van der Waals surface area contributed by atoms with E-state index in [1.54, 1.807) is 25.3 Å². The van der Waals surface area contributed by atoms with Gasteiger partial charge in [-0.15, -0.1) is 0 Å². The first-order valence-electron chi connectivity index (χ1n) is 6.86. The summed E-state index contributed by atoms with van der Waals surface area (Å²) in [7, 11) is 1.60. The highest BCUT2D eigenvalue weighted by Gasteiger charge is 2.22. The molecular weight excluding hydrogens is 385 g/mol. The third-order valence-electron chi connectivity index (χ3n) is 3.39. The first-order chi connectivity index (χ1) is 11.5. The number of hydrogen-bond donors (Lipinski definition) is 1. The average Bonchev–Trinajstić information content (AvgIpc) is 2.87. The van der Waals surface area contributed by atoms with E-state index in [0.717, 1.165) is 16.7 Å². The number of carbonyl (C=O) groups is 1. The van der Waals surface area contributed by atoms with E-state index < -0.39 is 0 Å². The first-order valence-corrected chi connectivity index (χ1v) is 8.84. The molecule has 3 rings (SSSR count). The fraction of sp³-hybridized carbons (Fsp3) is 0.0588. The van der Waals surface area contributed by atoms with Crippen LogP contribution >= 0.6 is 47.2 Å². The van der Waals surface area contributed by atoms with Gasteiger partial charge in [-0.1, -0.05) is 59.3 Å². The van der Waals surface area contributed by atoms with E-state index >= 15 is 0 Å². The summed E-state index contributed by atoms with van der Waals surface area (Å²) in [6, 6.07) is 11.0. The number of thioether (sulfide) groups is 1. The van der Waals surface area contributed by atoms with Crippen LogP contribution in [0.2, 0.25) is 10.0 Å². The number of carbonyl (C=O) groups excluding carboxylic acids is 1. The molecule has 0 unspecified atom stereocenters. The van der Waals surface area contributed by atoms with Crippen molar-refractivity contribution in [2.24, 2.45) is 0 Å². The number of benzene rings is 2. The molecule has 122 valence electrons. The third-order valence-corrected chi connectivity index (χ3v) is 5.30. The molecule has 1 fully saturated rings. The minimum absolute atomic E-state index is 0.183. The molecule has 2 aromatic carbocycles. The SMILES string of the molecule is COc1ccc(/C=C2\SC(=S)NC2=O)cc1-c1ccc(Cl)c(Cl)c1. The van der Waals surface area contributed by atoms with Crippen LogP contribution in [-0.2, 0) is 4.79 Å². The maximum absolute atomic E-state index is 11.8. The zero-order chi connectivity index (χ0) is 17.3. The largest absolute Gasteiger partial charge is 0.496 e. The van der Waals surface area contributed by atoms with E-state index in [2.05, 4.69) is 5.32 Å². The molecule has 24 heavy (non-hydrogen) atoms. The van der Waals surface area contributed by atoms with Crippen molar-refractivity contribution in [3.63, 3.8) is 0 Å². The van der Waals surface area contributed by atoms with Gasteiger partial charge in [0, 0.05) is 5.56 Å². The van der Waals surface area contributed by atoms with Crippen molar-refractivity contribution in [2.45, 2.75) is 0 Å². The number of halogens is 2. The predicted octanol–water partition coefficient (Wildman–Crippen LogP) is 5.16. The molecule has 1 aliphatic rings. The Kier molecular flexibility index (Phi) is 5.15. The van der Waals surface area contributed by atoms with Crippen molar-refractivity contribution >= 4 is 63.5 Å². The zero-order valence-electron chi connectivity index (χ0n) is 12.4. The number of ether oxygens (including phenoxy) is 1. The molecule has 3 nitrogen and oxygen atoms in total. The normalized spacial score (nSPS) is 15.7. The van der Waals surface area contributed by atoms with Crippen LogP contribution in [0.3, 0.4) is 0 Å². The van der Waals surface area contributed by atoms with Crippen molar-refractivity contribution in [3.8, 4) is 16.9 Å². The molecule has 0 aromatic heterocycles. The second kappa shape index (κ2) is 7.15. The molecule has 1 N–H and O–H groups in total. The maximum atomic E-state index is 11.8. The molecule has 1 heterocycles. The van der Waals surface area contributed by atoms with Gasteiger partial charge < -0.3 is 10.1 Å². The average molecular weight is 396 g/mol. The van der Waals surface area contributed by atoms with Gasteiger partial charge in [-0.2, -0.15) is 0 Å². The van der Waals surface area contributed by atoms with E-state index in [1.807, 2.05) is 24.3 Å². The molecule has 0 saturated carbocycles. The summed E-state index contributed by atoms with van der Waals surface area (Å²) in [6.45, 7) is 0. The summed E-state index contributed by atoms with van der Waals surface area (Å²) < 4.78 is 5.89. The lowest BCUT2D eigenvalue weighted by Crippen LogP contribution is -2.17.